The third kappa shape index (κ3) is 1.76. The first-order chi connectivity index (χ1) is 6.79. The van der Waals surface area contributed by atoms with Crippen LogP contribution in [0.1, 0.15) is 4.88 Å². The van der Waals surface area contributed by atoms with Gasteiger partial charge in [-0.1, -0.05) is 0 Å². The van der Waals surface area contributed by atoms with Crippen LogP contribution >= 0.6 is 11.3 Å². The molecule has 0 atom stereocenters. The van der Waals surface area contributed by atoms with E-state index in [2.05, 4.69) is 4.98 Å². The van der Waals surface area contributed by atoms with Gasteiger partial charge in [-0.15, -0.1) is 11.3 Å². The van der Waals surface area contributed by atoms with Crippen LogP contribution in [0.3, 0.4) is 0 Å². The van der Waals surface area contributed by atoms with Gasteiger partial charge in [-0.2, -0.15) is 0 Å². The molecule has 0 saturated carbocycles. The van der Waals surface area contributed by atoms with Gasteiger partial charge in [-0.3, -0.25) is 4.98 Å². The van der Waals surface area contributed by atoms with Crippen molar-refractivity contribution < 1.29 is 5.11 Å². The molecule has 0 unspecified atom stereocenters. The molecular weight excluding hydrogens is 196 g/mol. The van der Waals surface area contributed by atoms with Crippen molar-refractivity contribution in [3.63, 3.8) is 0 Å². The van der Waals surface area contributed by atoms with Gasteiger partial charge in [0.1, 0.15) is 5.75 Å². The van der Waals surface area contributed by atoms with Gasteiger partial charge in [0.25, 0.3) is 0 Å². The van der Waals surface area contributed by atoms with E-state index in [1.165, 1.54) is 6.20 Å². The molecule has 2 rings (SSSR count). The van der Waals surface area contributed by atoms with Gasteiger partial charge in [-0.05, 0) is 18.2 Å². The second-order valence-electron chi connectivity index (χ2n) is 2.90. The van der Waals surface area contributed by atoms with Gasteiger partial charge in [0.15, 0.2) is 0 Å². The van der Waals surface area contributed by atoms with Gasteiger partial charge in [-0.25, -0.2) is 0 Å². The lowest BCUT2D eigenvalue weighted by molar-refractivity contribution is 0.473. The summed E-state index contributed by atoms with van der Waals surface area (Å²) < 4.78 is 0. The number of thiophene rings is 1. The fourth-order valence-corrected chi connectivity index (χ4v) is 2.07. The maximum Gasteiger partial charge on any atom is 0.134 e. The minimum atomic E-state index is 0.185. The summed E-state index contributed by atoms with van der Waals surface area (Å²) in [7, 11) is 0. The van der Waals surface area contributed by atoms with Crippen LogP contribution in [0.4, 0.5) is 0 Å². The van der Waals surface area contributed by atoms with Crippen molar-refractivity contribution in [3.8, 4) is 16.2 Å². The highest BCUT2D eigenvalue weighted by atomic mass is 32.1. The average Bonchev–Trinajstić information content (AvgIpc) is 2.66. The molecule has 2 heterocycles. The Balaban J connectivity index is 2.39. The summed E-state index contributed by atoms with van der Waals surface area (Å²) in [6.07, 6.45) is 3.15. The van der Waals surface area contributed by atoms with E-state index in [4.69, 9.17) is 5.73 Å². The molecule has 0 spiro atoms. The SMILES string of the molecule is NCc1ccc(-c2cncc(O)c2)s1. The summed E-state index contributed by atoms with van der Waals surface area (Å²) in [4.78, 5) is 6.13. The summed E-state index contributed by atoms with van der Waals surface area (Å²) in [5, 5.41) is 9.26. The number of rotatable bonds is 2. The van der Waals surface area contributed by atoms with E-state index < -0.39 is 0 Å². The number of nitrogens with zero attached hydrogens (tertiary/aromatic N) is 1. The molecule has 0 fully saturated rings. The van der Waals surface area contributed by atoms with Crippen LogP contribution in [0, 0.1) is 0 Å². The van der Waals surface area contributed by atoms with Crippen LogP contribution in [-0.4, -0.2) is 10.1 Å². The minimum Gasteiger partial charge on any atom is -0.506 e. The molecule has 72 valence electrons. The predicted molar refractivity (Wildman–Crippen MR) is 57.1 cm³/mol. The Labute approximate surface area is 85.8 Å². The smallest absolute Gasteiger partial charge is 0.134 e. The molecule has 0 aliphatic carbocycles. The fraction of sp³-hybridized carbons (Fsp3) is 0.100. The maximum atomic E-state index is 9.26. The zero-order valence-electron chi connectivity index (χ0n) is 7.47. The third-order valence-electron chi connectivity index (χ3n) is 1.87. The molecular formula is C10H10N2OS. The summed E-state index contributed by atoms with van der Waals surface area (Å²) in [5.74, 6) is 0.185. The lowest BCUT2D eigenvalue weighted by Gasteiger charge is -1.96. The minimum absolute atomic E-state index is 0.185. The van der Waals surface area contributed by atoms with Crippen LogP contribution < -0.4 is 5.73 Å². The van der Waals surface area contributed by atoms with Gasteiger partial charge in [0, 0.05) is 28.1 Å². The molecule has 4 heteroatoms. The van der Waals surface area contributed by atoms with Crippen LogP contribution in [0.5, 0.6) is 5.75 Å². The van der Waals surface area contributed by atoms with Crippen molar-refractivity contribution in [3.05, 3.63) is 35.5 Å². The van der Waals surface area contributed by atoms with Crippen molar-refractivity contribution in [2.75, 3.05) is 0 Å². The lowest BCUT2D eigenvalue weighted by atomic mass is 10.2. The molecule has 0 saturated heterocycles. The quantitative estimate of drug-likeness (QED) is 0.789. The first-order valence-electron chi connectivity index (χ1n) is 4.23. The molecule has 14 heavy (non-hydrogen) atoms. The Morgan fingerprint density at radius 2 is 2.21 bits per heavy atom. The van der Waals surface area contributed by atoms with Gasteiger partial charge >= 0.3 is 0 Å². The Morgan fingerprint density at radius 3 is 2.86 bits per heavy atom. The lowest BCUT2D eigenvalue weighted by Crippen LogP contribution is -1.90. The number of nitrogens with two attached hydrogens (primary N) is 1. The van der Waals surface area contributed by atoms with Crippen molar-refractivity contribution >= 4 is 11.3 Å². The summed E-state index contributed by atoms with van der Waals surface area (Å²) in [5.41, 5.74) is 6.44. The molecule has 3 N–H and O–H groups in total. The average molecular weight is 206 g/mol. The Morgan fingerprint density at radius 1 is 1.36 bits per heavy atom. The third-order valence-corrected chi connectivity index (χ3v) is 3.03. The maximum absolute atomic E-state index is 9.26. The summed E-state index contributed by atoms with van der Waals surface area (Å²) in [6, 6.07) is 5.67. The number of hydrogen-bond donors (Lipinski definition) is 2. The number of hydrogen-bond acceptors (Lipinski definition) is 4. The van der Waals surface area contributed by atoms with Crippen LogP contribution in [0.2, 0.25) is 0 Å². The highest BCUT2D eigenvalue weighted by Gasteiger charge is 2.02. The van der Waals surface area contributed by atoms with Gasteiger partial charge < -0.3 is 10.8 Å². The van der Waals surface area contributed by atoms with Crippen LogP contribution in [0.15, 0.2) is 30.6 Å². The second kappa shape index (κ2) is 3.77. The van der Waals surface area contributed by atoms with Crippen LogP contribution in [-0.2, 0) is 6.54 Å². The molecule has 3 nitrogen and oxygen atoms in total. The zero-order valence-corrected chi connectivity index (χ0v) is 8.29. The van der Waals surface area contributed by atoms with E-state index in [0.717, 1.165) is 15.3 Å². The number of aromatic nitrogens is 1. The fourth-order valence-electron chi connectivity index (χ4n) is 1.21. The highest BCUT2D eigenvalue weighted by Crippen LogP contribution is 2.28. The van der Waals surface area contributed by atoms with E-state index in [9.17, 15) is 5.11 Å². The van der Waals surface area contributed by atoms with E-state index >= 15 is 0 Å². The van der Waals surface area contributed by atoms with Crippen molar-refractivity contribution in [2.24, 2.45) is 5.73 Å². The Hall–Kier alpha value is -1.39. The molecule has 0 aromatic carbocycles. The summed E-state index contributed by atoms with van der Waals surface area (Å²) >= 11 is 1.62. The van der Waals surface area contributed by atoms with Crippen molar-refractivity contribution in [1.29, 1.82) is 0 Å². The van der Waals surface area contributed by atoms with Crippen molar-refractivity contribution in [2.45, 2.75) is 6.54 Å². The number of pyridine rings is 1. The molecule has 2 aromatic rings. The molecule has 0 bridgehead atoms. The topological polar surface area (TPSA) is 59.1 Å². The monoisotopic (exact) mass is 206 g/mol. The second-order valence-corrected chi connectivity index (χ2v) is 4.07. The normalized spacial score (nSPS) is 10.4. The van der Waals surface area contributed by atoms with Gasteiger partial charge in [0.2, 0.25) is 0 Å². The molecule has 0 aliphatic rings. The van der Waals surface area contributed by atoms with E-state index in [1.54, 1.807) is 23.6 Å². The number of aromatic hydroxyl groups is 1. The van der Waals surface area contributed by atoms with Crippen LogP contribution in [0.25, 0.3) is 10.4 Å². The Bertz CT molecular complexity index is 439. The molecule has 0 amide bonds. The Kier molecular flexibility index (Phi) is 2.47. The summed E-state index contributed by atoms with van der Waals surface area (Å²) in [6.45, 7) is 0.552. The first-order valence-corrected chi connectivity index (χ1v) is 5.04. The van der Waals surface area contributed by atoms with E-state index in [1.807, 2.05) is 12.1 Å². The molecule has 2 aromatic heterocycles. The zero-order chi connectivity index (χ0) is 9.97. The highest BCUT2D eigenvalue weighted by molar-refractivity contribution is 7.15. The van der Waals surface area contributed by atoms with E-state index in [0.29, 0.717) is 6.54 Å². The van der Waals surface area contributed by atoms with Crippen molar-refractivity contribution in [1.82, 2.24) is 4.98 Å². The van der Waals surface area contributed by atoms with Gasteiger partial charge in [0.05, 0.1) is 6.20 Å². The molecule has 0 aliphatic heterocycles. The standard InChI is InChI=1S/C10H10N2OS/c11-4-9-1-2-10(14-9)7-3-8(13)6-12-5-7/h1-3,5-6,13H,4,11H2. The predicted octanol–water partition coefficient (Wildman–Crippen LogP) is 1.97. The molecule has 0 radical (unpaired) electrons. The largest absolute Gasteiger partial charge is 0.506 e. The van der Waals surface area contributed by atoms with E-state index in [-0.39, 0.29) is 5.75 Å². The first kappa shape index (κ1) is 9.18.